The standard InChI is InChI=1S/C23H27N3O3S/c27-20-8-10-23(24-20,17-18-5-2-1-3-6-18)11-9-21(28)25-12-14-26(15-13-25)22(29)19-7-4-16-30-19/h1-7,16H,8-15,17H2,(H,24,27)/t23-/m0/s1. The monoisotopic (exact) mass is 425 g/mol. The Hall–Kier alpha value is -2.67. The van der Waals surface area contributed by atoms with Crippen LogP contribution in [0.5, 0.6) is 0 Å². The minimum Gasteiger partial charge on any atom is -0.350 e. The van der Waals surface area contributed by atoms with Gasteiger partial charge in [0.25, 0.3) is 5.91 Å². The zero-order valence-electron chi connectivity index (χ0n) is 17.0. The molecular weight excluding hydrogens is 398 g/mol. The molecule has 0 unspecified atom stereocenters. The summed E-state index contributed by atoms with van der Waals surface area (Å²) in [6.45, 7) is 2.25. The fourth-order valence-corrected chi connectivity index (χ4v) is 5.08. The molecule has 3 heterocycles. The molecule has 2 aromatic rings. The number of hydrogen-bond donors (Lipinski definition) is 1. The van der Waals surface area contributed by atoms with Crippen LogP contribution in [0.15, 0.2) is 47.8 Å². The Morgan fingerprint density at radius 2 is 1.73 bits per heavy atom. The van der Waals surface area contributed by atoms with Gasteiger partial charge in [0, 0.05) is 44.6 Å². The molecule has 2 aliphatic rings. The van der Waals surface area contributed by atoms with Gasteiger partial charge in [-0.05, 0) is 36.3 Å². The van der Waals surface area contributed by atoms with E-state index in [4.69, 9.17) is 0 Å². The Bertz CT molecular complexity index is 892. The second kappa shape index (κ2) is 9.00. The van der Waals surface area contributed by atoms with E-state index in [-0.39, 0.29) is 23.3 Å². The molecular formula is C23H27N3O3S. The normalized spacial score (nSPS) is 21.5. The highest BCUT2D eigenvalue weighted by Crippen LogP contribution is 2.30. The first-order valence-corrected chi connectivity index (χ1v) is 11.4. The molecule has 2 fully saturated rings. The number of hydrogen-bond acceptors (Lipinski definition) is 4. The van der Waals surface area contributed by atoms with Crippen molar-refractivity contribution in [1.29, 1.82) is 0 Å². The van der Waals surface area contributed by atoms with Crippen LogP contribution in [0.25, 0.3) is 0 Å². The molecule has 0 aliphatic carbocycles. The predicted molar refractivity (Wildman–Crippen MR) is 116 cm³/mol. The highest BCUT2D eigenvalue weighted by Gasteiger charge is 2.38. The first-order chi connectivity index (χ1) is 14.5. The molecule has 1 atom stereocenters. The van der Waals surface area contributed by atoms with Crippen molar-refractivity contribution in [1.82, 2.24) is 15.1 Å². The molecule has 2 saturated heterocycles. The van der Waals surface area contributed by atoms with E-state index < -0.39 is 0 Å². The molecule has 0 bridgehead atoms. The zero-order valence-corrected chi connectivity index (χ0v) is 17.8. The van der Waals surface area contributed by atoms with Crippen LogP contribution in [0.3, 0.4) is 0 Å². The van der Waals surface area contributed by atoms with Gasteiger partial charge in [-0.1, -0.05) is 36.4 Å². The van der Waals surface area contributed by atoms with Crippen molar-refractivity contribution in [2.45, 2.75) is 37.6 Å². The van der Waals surface area contributed by atoms with Gasteiger partial charge in [0.15, 0.2) is 0 Å². The van der Waals surface area contributed by atoms with Gasteiger partial charge in [0.2, 0.25) is 11.8 Å². The smallest absolute Gasteiger partial charge is 0.264 e. The van der Waals surface area contributed by atoms with Crippen molar-refractivity contribution in [3.05, 3.63) is 58.3 Å². The van der Waals surface area contributed by atoms with Gasteiger partial charge >= 0.3 is 0 Å². The van der Waals surface area contributed by atoms with Gasteiger partial charge in [-0.15, -0.1) is 11.3 Å². The lowest BCUT2D eigenvalue weighted by molar-refractivity contribution is -0.133. The van der Waals surface area contributed by atoms with Crippen molar-refractivity contribution >= 4 is 29.1 Å². The van der Waals surface area contributed by atoms with Crippen molar-refractivity contribution in [2.24, 2.45) is 0 Å². The topological polar surface area (TPSA) is 69.7 Å². The van der Waals surface area contributed by atoms with Crippen LogP contribution in [0, 0.1) is 0 Å². The largest absolute Gasteiger partial charge is 0.350 e. The maximum absolute atomic E-state index is 12.8. The van der Waals surface area contributed by atoms with Gasteiger partial charge in [0.1, 0.15) is 0 Å². The number of rotatable bonds is 6. The summed E-state index contributed by atoms with van der Waals surface area (Å²) in [5.41, 5.74) is 0.832. The van der Waals surface area contributed by atoms with Crippen molar-refractivity contribution < 1.29 is 14.4 Å². The van der Waals surface area contributed by atoms with Crippen LogP contribution in [0.4, 0.5) is 0 Å². The third kappa shape index (κ3) is 4.73. The predicted octanol–water partition coefficient (Wildman–Crippen LogP) is 2.70. The van der Waals surface area contributed by atoms with Crippen molar-refractivity contribution in [3.8, 4) is 0 Å². The van der Waals surface area contributed by atoms with Gasteiger partial charge in [-0.2, -0.15) is 0 Å². The van der Waals surface area contributed by atoms with Gasteiger partial charge < -0.3 is 15.1 Å². The molecule has 1 N–H and O–H groups in total. The van der Waals surface area contributed by atoms with Crippen LogP contribution < -0.4 is 5.32 Å². The molecule has 7 heteroatoms. The van der Waals surface area contributed by atoms with E-state index in [9.17, 15) is 14.4 Å². The second-order valence-corrected chi connectivity index (χ2v) is 9.09. The third-order valence-electron chi connectivity index (χ3n) is 6.09. The van der Waals surface area contributed by atoms with Crippen LogP contribution in [-0.4, -0.2) is 59.2 Å². The Balaban J connectivity index is 1.31. The number of benzene rings is 1. The lowest BCUT2D eigenvalue weighted by atomic mass is 9.85. The highest BCUT2D eigenvalue weighted by molar-refractivity contribution is 7.12. The molecule has 4 rings (SSSR count). The van der Waals surface area contributed by atoms with Crippen LogP contribution in [0.2, 0.25) is 0 Å². The Labute approximate surface area is 180 Å². The SMILES string of the molecule is O=C1CC[C@](CCC(=O)N2CCN(C(=O)c3cccs3)CC2)(Cc2ccccc2)N1. The number of nitrogens with one attached hydrogen (secondary N) is 1. The van der Waals surface area contributed by atoms with Crippen molar-refractivity contribution in [2.75, 3.05) is 26.2 Å². The van der Waals surface area contributed by atoms with Crippen LogP contribution in [0.1, 0.15) is 40.9 Å². The molecule has 1 aromatic carbocycles. The van der Waals surface area contributed by atoms with E-state index in [1.54, 1.807) is 0 Å². The van der Waals surface area contributed by atoms with E-state index >= 15 is 0 Å². The van der Waals surface area contributed by atoms with E-state index in [2.05, 4.69) is 17.4 Å². The molecule has 6 nitrogen and oxygen atoms in total. The fourth-order valence-electron chi connectivity index (χ4n) is 4.39. The minimum atomic E-state index is -0.342. The molecule has 30 heavy (non-hydrogen) atoms. The summed E-state index contributed by atoms with van der Waals surface area (Å²) in [6.07, 6.45) is 3.07. The van der Waals surface area contributed by atoms with Gasteiger partial charge in [-0.25, -0.2) is 0 Å². The Morgan fingerprint density at radius 1 is 1.00 bits per heavy atom. The number of nitrogens with zero attached hydrogens (tertiary/aromatic N) is 2. The Kier molecular flexibility index (Phi) is 6.18. The summed E-state index contributed by atoms with van der Waals surface area (Å²) < 4.78 is 0. The summed E-state index contributed by atoms with van der Waals surface area (Å²) in [7, 11) is 0. The molecule has 0 spiro atoms. The minimum absolute atomic E-state index is 0.0487. The number of thiophene rings is 1. The maximum Gasteiger partial charge on any atom is 0.264 e. The molecule has 158 valence electrons. The first kappa shape index (κ1) is 20.6. The highest BCUT2D eigenvalue weighted by atomic mass is 32.1. The maximum atomic E-state index is 12.8. The summed E-state index contributed by atoms with van der Waals surface area (Å²) >= 11 is 1.45. The number of carbonyl (C=O) groups excluding carboxylic acids is 3. The molecule has 0 saturated carbocycles. The number of amides is 3. The molecule has 0 radical (unpaired) electrons. The quantitative estimate of drug-likeness (QED) is 0.774. The Morgan fingerprint density at radius 3 is 2.37 bits per heavy atom. The summed E-state index contributed by atoms with van der Waals surface area (Å²) in [5, 5.41) is 5.05. The zero-order chi connectivity index (χ0) is 21.0. The first-order valence-electron chi connectivity index (χ1n) is 10.5. The molecule has 1 aromatic heterocycles. The summed E-state index contributed by atoms with van der Waals surface area (Å²) in [6, 6.07) is 13.8. The lowest BCUT2D eigenvalue weighted by Gasteiger charge is -2.36. The summed E-state index contributed by atoms with van der Waals surface area (Å²) in [4.78, 5) is 41.7. The van der Waals surface area contributed by atoms with Crippen molar-refractivity contribution in [3.63, 3.8) is 0 Å². The average molecular weight is 426 g/mol. The molecule has 2 aliphatic heterocycles. The lowest BCUT2D eigenvalue weighted by Crippen LogP contribution is -2.51. The van der Waals surface area contributed by atoms with E-state index in [1.165, 1.54) is 16.9 Å². The van der Waals surface area contributed by atoms with Crippen LogP contribution >= 0.6 is 11.3 Å². The van der Waals surface area contributed by atoms with Crippen LogP contribution in [-0.2, 0) is 16.0 Å². The average Bonchev–Trinajstić information content (AvgIpc) is 3.43. The van der Waals surface area contributed by atoms with Gasteiger partial charge in [0.05, 0.1) is 4.88 Å². The summed E-state index contributed by atoms with van der Waals surface area (Å²) in [5.74, 6) is 0.221. The van der Waals surface area contributed by atoms with E-state index in [0.717, 1.165) is 17.7 Å². The number of carbonyl (C=O) groups is 3. The second-order valence-electron chi connectivity index (χ2n) is 8.14. The third-order valence-corrected chi connectivity index (χ3v) is 6.95. The van der Waals surface area contributed by atoms with E-state index in [1.807, 2.05) is 45.5 Å². The van der Waals surface area contributed by atoms with E-state index in [0.29, 0.717) is 45.4 Å². The fraction of sp³-hybridized carbons (Fsp3) is 0.435. The number of piperazine rings is 1. The molecule has 3 amide bonds. The van der Waals surface area contributed by atoms with Gasteiger partial charge in [-0.3, -0.25) is 14.4 Å².